The molecule has 0 heterocycles. The summed E-state index contributed by atoms with van der Waals surface area (Å²) in [6.45, 7) is 2.48. The lowest BCUT2D eigenvalue weighted by Gasteiger charge is -2.50. The monoisotopic (exact) mass is 374 g/mol. The summed E-state index contributed by atoms with van der Waals surface area (Å²) in [7, 11) is 0. The Morgan fingerprint density at radius 3 is 2.54 bits per heavy atom. The molecule has 4 aliphatic rings. The zero-order valence-corrected chi connectivity index (χ0v) is 16.1. The number of carbonyl (C=O) groups is 1. The summed E-state index contributed by atoms with van der Waals surface area (Å²) in [5.41, 5.74) is 5.09. The SMILES string of the molecule is Cc1cc(Cl)ccc1OCCCC(=O)NN=C1C2CC3CC(C2)CC1C3. The fourth-order valence-electron chi connectivity index (χ4n) is 5.22. The number of aryl methyl sites for hydroxylation is 1. The second-order valence-electron chi connectivity index (χ2n) is 8.24. The van der Waals surface area contributed by atoms with E-state index < -0.39 is 0 Å². The number of nitrogens with one attached hydrogen (secondary N) is 1. The Kier molecular flexibility index (Phi) is 5.21. The van der Waals surface area contributed by atoms with E-state index in [0.29, 0.717) is 36.3 Å². The first-order chi connectivity index (χ1) is 12.6. The Bertz CT molecular complexity index is 686. The first-order valence-corrected chi connectivity index (χ1v) is 10.2. The molecule has 140 valence electrons. The van der Waals surface area contributed by atoms with Crippen LogP contribution in [0.5, 0.6) is 5.75 Å². The Balaban J connectivity index is 1.21. The van der Waals surface area contributed by atoms with Crippen molar-refractivity contribution >= 4 is 23.2 Å². The molecule has 0 unspecified atom stereocenters. The molecule has 4 nitrogen and oxygen atoms in total. The van der Waals surface area contributed by atoms with Gasteiger partial charge in [0.05, 0.1) is 6.61 Å². The van der Waals surface area contributed by atoms with Crippen LogP contribution in [-0.2, 0) is 4.79 Å². The molecule has 0 aliphatic heterocycles. The first kappa shape index (κ1) is 17.8. The van der Waals surface area contributed by atoms with Gasteiger partial charge >= 0.3 is 0 Å². The summed E-state index contributed by atoms with van der Waals surface area (Å²) in [5.74, 6) is 3.90. The average molecular weight is 375 g/mol. The van der Waals surface area contributed by atoms with E-state index in [9.17, 15) is 4.79 Å². The van der Waals surface area contributed by atoms with Gasteiger partial charge in [0.2, 0.25) is 5.91 Å². The molecule has 1 amide bonds. The molecule has 0 aromatic heterocycles. The molecule has 5 heteroatoms. The van der Waals surface area contributed by atoms with Gasteiger partial charge in [0.1, 0.15) is 5.75 Å². The molecule has 1 aromatic carbocycles. The van der Waals surface area contributed by atoms with Crippen LogP contribution in [0.4, 0.5) is 0 Å². The second kappa shape index (κ2) is 7.59. The van der Waals surface area contributed by atoms with Gasteiger partial charge in [0, 0.05) is 17.2 Å². The largest absolute Gasteiger partial charge is 0.493 e. The third kappa shape index (κ3) is 3.90. The van der Waals surface area contributed by atoms with Crippen LogP contribution >= 0.6 is 11.6 Å². The minimum atomic E-state index is -0.0114. The molecule has 4 fully saturated rings. The van der Waals surface area contributed by atoms with E-state index in [2.05, 4.69) is 10.5 Å². The van der Waals surface area contributed by atoms with Gasteiger partial charge in [-0.05, 0) is 92.9 Å². The number of amides is 1. The molecule has 4 saturated carbocycles. The molecule has 4 aliphatic carbocycles. The summed E-state index contributed by atoms with van der Waals surface area (Å²) in [5, 5.41) is 5.25. The van der Waals surface area contributed by atoms with E-state index in [-0.39, 0.29) is 5.91 Å². The van der Waals surface area contributed by atoms with Crippen LogP contribution in [-0.4, -0.2) is 18.2 Å². The van der Waals surface area contributed by atoms with E-state index in [1.165, 1.54) is 37.8 Å². The highest BCUT2D eigenvalue weighted by molar-refractivity contribution is 6.30. The normalized spacial score (nSPS) is 28.9. The van der Waals surface area contributed by atoms with Crippen molar-refractivity contribution in [1.29, 1.82) is 0 Å². The van der Waals surface area contributed by atoms with Gasteiger partial charge in [-0.25, -0.2) is 5.43 Å². The average Bonchev–Trinajstić information content (AvgIpc) is 2.59. The lowest BCUT2D eigenvalue weighted by Crippen LogP contribution is -2.46. The topological polar surface area (TPSA) is 50.7 Å². The van der Waals surface area contributed by atoms with Crippen LogP contribution in [0.25, 0.3) is 0 Å². The summed E-state index contributed by atoms with van der Waals surface area (Å²) >= 11 is 5.94. The number of hydrogen-bond donors (Lipinski definition) is 1. The Morgan fingerprint density at radius 2 is 1.88 bits per heavy atom. The van der Waals surface area contributed by atoms with Gasteiger partial charge in [-0.3, -0.25) is 4.79 Å². The van der Waals surface area contributed by atoms with E-state index in [0.717, 1.165) is 23.1 Å². The van der Waals surface area contributed by atoms with Crippen molar-refractivity contribution in [3.8, 4) is 5.75 Å². The van der Waals surface area contributed by atoms with Crippen molar-refractivity contribution < 1.29 is 9.53 Å². The molecule has 1 aromatic rings. The maximum atomic E-state index is 12.1. The van der Waals surface area contributed by atoms with Crippen LogP contribution < -0.4 is 10.2 Å². The smallest absolute Gasteiger partial charge is 0.240 e. The van der Waals surface area contributed by atoms with Crippen LogP contribution in [0.15, 0.2) is 23.3 Å². The van der Waals surface area contributed by atoms with E-state index in [4.69, 9.17) is 16.3 Å². The number of rotatable bonds is 6. The van der Waals surface area contributed by atoms with Crippen molar-refractivity contribution in [2.75, 3.05) is 6.61 Å². The van der Waals surface area contributed by atoms with Crippen molar-refractivity contribution in [3.63, 3.8) is 0 Å². The predicted octanol–water partition coefficient (Wildman–Crippen LogP) is 4.74. The fraction of sp³-hybridized carbons (Fsp3) is 0.619. The molecule has 0 saturated heterocycles. The predicted molar refractivity (Wildman–Crippen MR) is 104 cm³/mol. The van der Waals surface area contributed by atoms with Crippen molar-refractivity contribution in [1.82, 2.24) is 5.43 Å². The summed E-state index contributed by atoms with van der Waals surface area (Å²) in [6, 6.07) is 5.57. The van der Waals surface area contributed by atoms with Gasteiger partial charge in [0.25, 0.3) is 0 Å². The van der Waals surface area contributed by atoms with Crippen LogP contribution in [0.3, 0.4) is 0 Å². The van der Waals surface area contributed by atoms with Crippen LogP contribution in [0.1, 0.15) is 50.5 Å². The highest BCUT2D eigenvalue weighted by atomic mass is 35.5. The van der Waals surface area contributed by atoms with E-state index in [1.807, 2.05) is 25.1 Å². The second-order valence-corrected chi connectivity index (χ2v) is 8.67. The first-order valence-electron chi connectivity index (χ1n) is 9.83. The highest BCUT2D eigenvalue weighted by Crippen LogP contribution is 2.52. The van der Waals surface area contributed by atoms with E-state index in [1.54, 1.807) is 0 Å². The van der Waals surface area contributed by atoms with Crippen molar-refractivity contribution in [3.05, 3.63) is 28.8 Å². The molecule has 0 radical (unpaired) electrons. The quantitative estimate of drug-likeness (QED) is 0.577. The van der Waals surface area contributed by atoms with Gasteiger partial charge in [-0.1, -0.05) is 11.6 Å². The molecule has 1 N–H and O–H groups in total. The fourth-order valence-corrected chi connectivity index (χ4v) is 5.45. The third-order valence-corrected chi connectivity index (χ3v) is 6.46. The number of hydrazone groups is 1. The van der Waals surface area contributed by atoms with Crippen molar-refractivity contribution in [2.45, 2.75) is 51.9 Å². The zero-order valence-electron chi connectivity index (χ0n) is 15.3. The minimum Gasteiger partial charge on any atom is -0.493 e. The third-order valence-electron chi connectivity index (χ3n) is 6.23. The van der Waals surface area contributed by atoms with Crippen LogP contribution in [0, 0.1) is 30.6 Å². The molecule has 0 spiro atoms. The van der Waals surface area contributed by atoms with Gasteiger partial charge in [-0.15, -0.1) is 0 Å². The molecule has 5 rings (SSSR count). The maximum absolute atomic E-state index is 12.1. The number of halogens is 1. The molecular weight excluding hydrogens is 348 g/mol. The number of carbonyl (C=O) groups excluding carboxylic acids is 1. The highest BCUT2D eigenvalue weighted by Gasteiger charge is 2.46. The minimum absolute atomic E-state index is 0.0114. The Hall–Kier alpha value is -1.55. The van der Waals surface area contributed by atoms with Crippen LogP contribution in [0.2, 0.25) is 5.02 Å². The number of benzene rings is 1. The lowest BCUT2D eigenvalue weighted by molar-refractivity contribution is -0.121. The molecule has 0 atom stereocenters. The standard InChI is InChI=1S/C21H27ClN2O2/c1-13-7-18(22)4-5-19(13)26-6-2-3-20(25)23-24-21-16-9-14-8-15(11-16)12-17(21)10-14/h4-5,7,14-17H,2-3,6,8-12H2,1H3,(H,23,25). The van der Waals surface area contributed by atoms with Gasteiger partial charge in [-0.2, -0.15) is 5.10 Å². The molecular formula is C21H27ClN2O2. The number of hydrogen-bond acceptors (Lipinski definition) is 3. The summed E-state index contributed by atoms with van der Waals surface area (Å²) in [6.07, 6.45) is 7.69. The summed E-state index contributed by atoms with van der Waals surface area (Å²) in [4.78, 5) is 12.1. The molecule has 4 bridgehead atoms. The Morgan fingerprint density at radius 1 is 1.19 bits per heavy atom. The lowest BCUT2D eigenvalue weighted by atomic mass is 9.55. The van der Waals surface area contributed by atoms with Gasteiger partial charge < -0.3 is 4.74 Å². The Labute approximate surface area is 160 Å². The van der Waals surface area contributed by atoms with E-state index >= 15 is 0 Å². The number of nitrogens with zero attached hydrogens (tertiary/aromatic N) is 1. The van der Waals surface area contributed by atoms with Crippen molar-refractivity contribution in [2.24, 2.45) is 28.8 Å². The summed E-state index contributed by atoms with van der Waals surface area (Å²) < 4.78 is 5.74. The zero-order chi connectivity index (χ0) is 18.1. The number of ether oxygens (including phenoxy) is 1. The van der Waals surface area contributed by atoms with Gasteiger partial charge in [0.15, 0.2) is 0 Å². The maximum Gasteiger partial charge on any atom is 0.240 e. The molecule has 26 heavy (non-hydrogen) atoms.